The monoisotopic (exact) mass is 344 g/mol. The molecule has 6 nitrogen and oxygen atoms in total. The van der Waals surface area contributed by atoms with E-state index < -0.39 is 0 Å². The summed E-state index contributed by atoms with van der Waals surface area (Å²) < 4.78 is 18.4. The van der Waals surface area contributed by atoms with Crippen molar-refractivity contribution < 1.29 is 13.6 Å². The fourth-order valence-corrected chi connectivity index (χ4v) is 3.94. The molecule has 2 atom stereocenters. The van der Waals surface area contributed by atoms with Gasteiger partial charge in [-0.25, -0.2) is 9.18 Å². The quantitative estimate of drug-likeness (QED) is 0.896. The van der Waals surface area contributed by atoms with Crippen molar-refractivity contribution in [3.8, 4) is 11.5 Å². The van der Waals surface area contributed by atoms with Crippen LogP contribution in [0.4, 0.5) is 15.2 Å². The molecule has 1 aliphatic carbocycles. The molecule has 1 aliphatic heterocycles. The predicted octanol–water partition coefficient (Wildman–Crippen LogP) is 3.92. The zero-order valence-electron chi connectivity index (χ0n) is 13.9. The van der Waals surface area contributed by atoms with Crippen molar-refractivity contribution in [1.29, 1.82) is 0 Å². The van der Waals surface area contributed by atoms with Crippen LogP contribution < -0.4 is 5.32 Å². The summed E-state index contributed by atoms with van der Waals surface area (Å²) in [5.74, 6) is 1.31. The van der Waals surface area contributed by atoms with Crippen LogP contribution in [0.15, 0.2) is 28.7 Å². The van der Waals surface area contributed by atoms with Gasteiger partial charge < -0.3 is 9.32 Å². The van der Waals surface area contributed by atoms with Gasteiger partial charge >= 0.3 is 12.0 Å². The Morgan fingerprint density at radius 2 is 1.88 bits per heavy atom. The number of nitrogens with zero attached hydrogens (tertiary/aromatic N) is 3. The maximum atomic E-state index is 13.0. The number of piperidine rings is 1. The standard InChI is InChI=1S/C18H21FN4O2/c19-15-7-5-13(6-8-15)16-21-22-17(25-16)20-18(24)23-10-9-12-3-1-2-4-14(12)11-23/h5-8,12,14H,1-4,9-11H2,(H,20,22,24). The van der Waals surface area contributed by atoms with Gasteiger partial charge in [-0.15, -0.1) is 5.10 Å². The Morgan fingerprint density at radius 1 is 1.12 bits per heavy atom. The second kappa shape index (κ2) is 6.82. The van der Waals surface area contributed by atoms with E-state index in [0.717, 1.165) is 25.4 Å². The lowest BCUT2D eigenvalue weighted by Crippen LogP contribution is -2.46. The van der Waals surface area contributed by atoms with E-state index in [2.05, 4.69) is 15.5 Å². The number of fused-ring (bicyclic) bond motifs is 1. The summed E-state index contributed by atoms with van der Waals surface area (Å²) >= 11 is 0. The lowest BCUT2D eigenvalue weighted by molar-refractivity contribution is 0.107. The summed E-state index contributed by atoms with van der Waals surface area (Å²) in [5, 5.41) is 10.5. The average Bonchev–Trinajstić information content (AvgIpc) is 3.10. The van der Waals surface area contributed by atoms with Gasteiger partial charge in [0.15, 0.2) is 0 Å². The minimum absolute atomic E-state index is 0.0649. The number of nitrogens with one attached hydrogen (secondary N) is 1. The number of aromatic nitrogens is 2. The fourth-order valence-electron chi connectivity index (χ4n) is 3.94. The molecule has 2 unspecified atom stereocenters. The van der Waals surface area contributed by atoms with Gasteiger partial charge in [0.05, 0.1) is 0 Å². The average molecular weight is 344 g/mol. The molecular weight excluding hydrogens is 323 g/mol. The summed E-state index contributed by atoms with van der Waals surface area (Å²) in [6.07, 6.45) is 6.17. The molecule has 1 aromatic carbocycles. The minimum Gasteiger partial charge on any atom is -0.403 e. The number of hydrogen-bond acceptors (Lipinski definition) is 4. The summed E-state index contributed by atoms with van der Waals surface area (Å²) in [6.45, 7) is 1.57. The topological polar surface area (TPSA) is 71.3 Å². The van der Waals surface area contributed by atoms with Gasteiger partial charge in [-0.2, -0.15) is 0 Å². The van der Waals surface area contributed by atoms with Crippen LogP contribution in [0.3, 0.4) is 0 Å². The van der Waals surface area contributed by atoms with Crippen LogP contribution in [0.5, 0.6) is 0 Å². The van der Waals surface area contributed by atoms with Crippen molar-refractivity contribution in [1.82, 2.24) is 15.1 Å². The second-order valence-electron chi connectivity index (χ2n) is 6.89. The number of halogens is 1. The zero-order valence-corrected chi connectivity index (χ0v) is 13.9. The van der Waals surface area contributed by atoms with Crippen LogP contribution in [0.1, 0.15) is 32.1 Å². The van der Waals surface area contributed by atoms with E-state index in [-0.39, 0.29) is 23.8 Å². The van der Waals surface area contributed by atoms with E-state index in [0.29, 0.717) is 11.5 Å². The van der Waals surface area contributed by atoms with Gasteiger partial charge in [0.25, 0.3) is 0 Å². The third kappa shape index (κ3) is 3.50. The Bertz CT molecular complexity index is 746. The van der Waals surface area contributed by atoms with Crippen molar-refractivity contribution in [3.05, 3.63) is 30.1 Å². The molecule has 132 valence electrons. The molecule has 2 aromatic rings. The van der Waals surface area contributed by atoms with Crippen LogP contribution in [0.25, 0.3) is 11.5 Å². The van der Waals surface area contributed by atoms with E-state index in [1.807, 2.05) is 4.90 Å². The lowest BCUT2D eigenvalue weighted by atomic mass is 9.75. The van der Waals surface area contributed by atoms with Gasteiger partial charge in [0.1, 0.15) is 5.82 Å². The summed E-state index contributed by atoms with van der Waals surface area (Å²) in [4.78, 5) is 14.3. The minimum atomic E-state index is -0.331. The van der Waals surface area contributed by atoms with Crippen molar-refractivity contribution >= 4 is 12.0 Å². The smallest absolute Gasteiger partial charge is 0.325 e. The SMILES string of the molecule is O=C(Nc1nnc(-c2ccc(F)cc2)o1)N1CCC2CCCCC2C1. The third-order valence-electron chi connectivity index (χ3n) is 5.31. The fraction of sp³-hybridized carbons (Fsp3) is 0.500. The number of urea groups is 1. The molecule has 1 saturated carbocycles. The maximum Gasteiger partial charge on any atom is 0.325 e. The van der Waals surface area contributed by atoms with E-state index in [4.69, 9.17) is 4.42 Å². The molecule has 2 heterocycles. The number of rotatable bonds is 2. The summed E-state index contributed by atoms with van der Waals surface area (Å²) in [7, 11) is 0. The molecule has 0 spiro atoms. The maximum absolute atomic E-state index is 13.0. The van der Waals surface area contributed by atoms with Gasteiger partial charge in [0.2, 0.25) is 5.89 Å². The van der Waals surface area contributed by atoms with E-state index in [1.165, 1.54) is 37.8 Å². The predicted molar refractivity (Wildman–Crippen MR) is 90.3 cm³/mol. The molecule has 2 aliphatic rings. The Labute approximate surface area is 145 Å². The van der Waals surface area contributed by atoms with Crippen molar-refractivity contribution in [2.24, 2.45) is 11.8 Å². The highest BCUT2D eigenvalue weighted by atomic mass is 19.1. The highest BCUT2D eigenvalue weighted by Crippen LogP contribution is 2.36. The first-order valence-electron chi connectivity index (χ1n) is 8.84. The first-order chi connectivity index (χ1) is 12.2. The zero-order chi connectivity index (χ0) is 17.2. The molecular formula is C18H21FN4O2. The van der Waals surface area contributed by atoms with Crippen molar-refractivity contribution in [2.45, 2.75) is 32.1 Å². The Kier molecular flexibility index (Phi) is 4.38. The van der Waals surface area contributed by atoms with E-state index in [1.54, 1.807) is 12.1 Å². The Balaban J connectivity index is 1.39. The first kappa shape index (κ1) is 16.1. The molecule has 4 rings (SSSR count). The molecule has 2 fully saturated rings. The summed E-state index contributed by atoms with van der Waals surface area (Å²) in [5.41, 5.74) is 0.609. The van der Waals surface area contributed by atoms with Crippen molar-refractivity contribution in [2.75, 3.05) is 18.4 Å². The van der Waals surface area contributed by atoms with Crippen LogP contribution >= 0.6 is 0 Å². The van der Waals surface area contributed by atoms with Gasteiger partial charge in [0, 0.05) is 18.7 Å². The molecule has 0 bridgehead atoms. The van der Waals surface area contributed by atoms with Crippen LogP contribution in [0, 0.1) is 17.7 Å². The third-order valence-corrected chi connectivity index (χ3v) is 5.31. The lowest BCUT2D eigenvalue weighted by Gasteiger charge is -2.40. The van der Waals surface area contributed by atoms with Gasteiger partial charge in [-0.1, -0.05) is 24.4 Å². The largest absolute Gasteiger partial charge is 0.403 e. The molecule has 2 amide bonds. The molecule has 25 heavy (non-hydrogen) atoms. The van der Waals surface area contributed by atoms with Gasteiger partial charge in [-0.3, -0.25) is 5.32 Å². The van der Waals surface area contributed by atoms with Crippen LogP contribution in [0.2, 0.25) is 0 Å². The normalized spacial score (nSPS) is 23.2. The van der Waals surface area contributed by atoms with Gasteiger partial charge in [-0.05, 0) is 48.9 Å². The number of anilines is 1. The van der Waals surface area contributed by atoms with E-state index in [9.17, 15) is 9.18 Å². The Hall–Kier alpha value is -2.44. The first-order valence-corrected chi connectivity index (χ1v) is 8.84. The van der Waals surface area contributed by atoms with Crippen LogP contribution in [-0.2, 0) is 0 Å². The summed E-state index contributed by atoms with van der Waals surface area (Å²) in [6, 6.07) is 5.64. The number of benzene rings is 1. The van der Waals surface area contributed by atoms with Crippen molar-refractivity contribution in [3.63, 3.8) is 0 Å². The molecule has 0 radical (unpaired) electrons. The molecule has 1 saturated heterocycles. The molecule has 1 aromatic heterocycles. The van der Waals surface area contributed by atoms with E-state index >= 15 is 0 Å². The molecule has 1 N–H and O–H groups in total. The van der Waals surface area contributed by atoms with Crippen LogP contribution in [-0.4, -0.2) is 34.2 Å². The molecule has 7 heteroatoms. The highest BCUT2D eigenvalue weighted by Gasteiger charge is 2.33. The Morgan fingerprint density at radius 3 is 2.68 bits per heavy atom. The number of amides is 2. The number of carbonyl (C=O) groups excluding carboxylic acids is 1. The number of hydrogen-bond donors (Lipinski definition) is 1. The number of carbonyl (C=O) groups is 1. The second-order valence-corrected chi connectivity index (χ2v) is 6.89. The highest BCUT2D eigenvalue weighted by molar-refractivity contribution is 5.87. The number of likely N-dealkylation sites (tertiary alicyclic amines) is 1.